The summed E-state index contributed by atoms with van der Waals surface area (Å²) in [5.41, 5.74) is 4.61. The second kappa shape index (κ2) is 5.53. The first-order chi connectivity index (χ1) is 10.5. The number of amides is 1. The third-order valence-corrected chi connectivity index (χ3v) is 3.95. The van der Waals surface area contributed by atoms with Gasteiger partial charge in [-0.15, -0.1) is 0 Å². The number of halogens is 1. The monoisotopic (exact) mass is 358 g/mol. The number of benzene rings is 1. The standard InChI is InChI=1S/C16H15BrN4O/c1-9-6-12(17)4-5-14(9)20-16(22)13-8-18-21-11(3)7-10(2)19-15(13)21/h4-8H,1-3H3,(H,20,22). The minimum atomic E-state index is -0.210. The molecular weight excluding hydrogens is 344 g/mol. The number of carbonyl (C=O) groups excluding carboxylic acids is 1. The van der Waals surface area contributed by atoms with E-state index in [1.165, 1.54) is 0 Å². The van der Waals surface area contributed by atoms with Crippen LogP contribution >= 0.6 is 15.9 Å². The number of carbonyl (C=O) groups is 1. The zero-order chi connectivity index (χ0) is 15.9. The molecule has 0 radical (unpaired) electrons. The van der Waals surface area contributed by atoms with Gasteiger partial charge in [0.1, 0.15) is 5.56 Å². The van der Waals surface area contributed by atoms with E-state index < -0.39 is 0 Å². The molecule has 1 amide bonds. The third-order valence-electron chi connectivity index (χ3n) is 3.46. The van der Waals surface area contributed by atoms with E-state index in [0.717, 1.165) is 27.1 Å². The molecule has 1 N–H and O–H groups in total. The normalized spacial score (nSPS) is 10.9. The topological polar surface area (TPSA) is 59.3 Å². The van der Waals surface area contributed by atoms with Crippen molar-refractivity contribution >= 4 is 33.2 Å². The molecule has 2 heterocycles. The van der Waals surface area contributed by atoms with Crippen LogP contribution in [-0.4, -0.2) is 20.5 Å². The first kappa shape index (κ1) is 14.7. The van der Waals surface area contributed by atoms with Crippen LogP contribution in [0.2, 0.25) is 0 Å². The molecule has 6 heteroatoms. The maximum absolute atomic E-state index is 12.5. The van der Waals surface area contributed by atoms with Crippen LogP contribution in [0.4, 0.5) is 5.69 Å². The van der Waals surface area contributed by atoms with Crippen molar-refractivity contribution in [1.29, 1.82) is 0 Å². The highest BCUT2D eigenvalue weighted by atomic mass is 79.9. The fourth-order valence-electron chi connectivity index (χ4n) is 2.39. The molecule has 3 rings (SSSR count). The lowest BCUT2D eigenvalue weighted by Crippen LogP contribution is -2.13. The Hall–Kier alpha value is -2.21. The molecule has 2 aromatic heterocycles. The second-order valence-electron chi connectivity index (χ2n) is 5.25. The van der Waals surface area contributed by atoms with Crippen LogP contribution in [0.1, 0.15) is 27.3 Å². The maximum Gasteiger partial charge on any atom is 0.261 e. The van der Waals surface area contributed by atoms with Crippen LogP contribution in [-0.2, 0) is 0 Å². The fourth-order valence-corrected chi connectivity index (χ4v) is 2.86. The first-order valence-corrected chi connectivity index (χ1v) is 7.64. The summed E-state index contributed by atoms with van der Waals surface area (Å²) in [7, 11) is 0. The van der Waals surface area contributed by atoms with E-state index >= 15 is 0 Å². The Bertz CT molecular complexity index is 885. The third kappa shape index (κ3) is 2.62. The Morgan fingerprint density at radius 3 is 2.73 bits per heavy atom. The van der Waals surface area contributed by atoms with Crippen molar-refractivity contribution in [2.75, 3.05) is 5.32 Å². The molecule has 0 spiro atoms. The van der Waals surface area contributed by atoms with Gasteiger partial charge in [0, 0.05) is 21.5 Å². The minimum Gasteiger partial charge on any atom is -0.322 e. The molecule has 3 aromatic rings. The van der Waals surface area contributed by atoms with E-state index in [4.69, 9.17) is 0 Å². The molecule has 0 atom stereocenters. The van der Waals surface area contributed by atoms with Crippen LogP contribution in [0.25, 0.3) is 5.65 Å². The summed E-state index contributed by atoms with van der Waals surface area (Å²) in [6.07, 6.45) is 1.55. The predicted molar refractivity (Wildman–Crippen MR) is 89.3 cm³/mol. The number of fused-ring (bicyclic) bond motifs is 1. The van der Waals surface area contributed by atoms with Crippen molar-refractivity contribution in [3.63, 3.8) is 0 Å². The number of aromatic nitrogens is 3. The van der Waals surface area contributed by atoms with Gasteiger partial charge in [0.15, 0.2) is 5.65 Å². The Kier molecular flexibility index (Phi) is 3.70. The lowest BCUT2D eigenvalue weighted by molar-refractivity contribution is 0.102. The van der Waals surface area contributed by atoms with Crippen molar-refractivity contribution in [2.45, 2.75) is 20.8 Å². The molecular formula is C16H15BrN4O. The summed E-state index contributed by atoms with van der Waals surface area (Å²) < 4.78 is 2.66. The van der Waals surface area contributed by atoms with Gasteiger partial charge in [-0.3, -0.25) is 4.79 Å². The molecule has 0 unspecified atom stereocenters. The summed E-state index contributed by atoms with van der Waals surface area (Å²) in [6, 6.07) is 7.65. The molecule has 0 aliphatic rings. The number of nitrogens with zero attached hydrogens (tertiary/aromatic N) is 3. The zero-order valence-electron chi connectivity index (χ0n) is 12.5. The van der Waals surface area contributed by atoms with E-state index in [9.17, 15) is 4.79 Å². The van der Waals surface area contributed by atoms with E-state index in [1.807, 2.05) is 45.0 Å². The summed E-state index contributed by atoms with van der Waals surface area (Å²) >= 11 is 3.41. The van der Waals surface area contributed by atoms with Crippen molar-refractivity contribution in [3.8, 4) is 0 Å². The predicted octanol–water partition coefficient (Wildman–Crippen LogP) is 3.67. The van der Waals surface area contributed by atoms with Gasteiger partial charge in [-0.25, -0.2) is 9.50 Å². The maximum atomic E-state index is 12.5. The number of rotatable bonds is 2. The van der Waals surface area contributed by atoms with Gasteiger partial charge in [0.25, 0.3) is 5.91 Å². The van der Waals surface area contributed by atoms with Crippen molar-refractivity contribution < 1.29 is 4.79 Å². The molecule has 0 saturated heterocycles. The summed E-state index contributed by atoms with van der Waals surface area (Å²) in [5, 5.41) is 7.16. The largest absolute Gasteiger partial charge is 0.322 e. The molecule has 112 valence electrons. The van der Waals surface area contributed by atoms with Crippen LogP contribution in [0.15, 0.2) is 34.9 Å². The van der Waals surface area contributed by atoms with E-state index in [-0.39, 0.29) is 5.91 Å². The average molecular weight is 359 g/mol. The Labute approximate surface area is 136 Å². The Morgan fingerprint density at radius 2 is 2.00 bits per heavy atom. The quantitative estimate of drug-likeness (QED) is 0.760. The van der Waals surface area contributed by atoms with Gasteiger partial charge >= 0.3 is 0 Å². The van der Waals surface area contributed by atoms with Gasteiger partial charge in [-0.05, 0) is 50.6 Å². The van der Waals surface area contributed by atoms with Crippen molar-refractivity contribution in [3.05, 3.63) is 57.4 Å². The Balaban J connectivity index is 1.99. The summed E-state index contributed by atoms with van der Waals surface area (Å²) in [6.45, 7) is 5.79. The Morgan fingerprint density at radius 1 is 1.23 bits per heavy atom. The summed E-state index contributed by atoms with van der Waals surface area (Å²) in [4.78, 5) is 17.0. The molecule has 0 aliphatic carbocycles. The van der Waals surface area contributed by atoms with Gasteiger partial charge in [-0.2, -0.15) is 5.10 Å². The van der Waals surface area contributed by atoms with Crippen LogP contribution < -0.4 is 5.32 Å². The van der Waals surface area contributed by atoms with Crippen LogP contribution in [0.5, 0.6) is 0 Å². The lowest BCUT2D eigenvalue weighted by Gasteiger charge is -2.08. The molecule has 5 nitrogen and oxygen atoms in total. The van der Waals surface area contributed by atoms with E-state index in [2.05, 4.69) is 31.3 Å². The molecule has 0 fully saturated rings. The molecule has 1 aromatic carbocycles. The van der Waals surface area contributed by atoms with Crippen molar-refractivity contribution in [2.24, 2.45) is 0 Å². The minimum absolute atomic E-state index is 0.210. The zero-order valence-corrected chi connectivity index (χ0v) is 14.1. The van der Waals surface area contributed by atoms with Gasteiger partial charge in [-0.1, -0.05) is 15.9 Å². The molecule has 0 aliphatic heterocycles. The van der Waals surface area contributed by atoms with Gasteiger partial charge in [0.2, 0.25) is 0 Å². The first-order valence-electron chi connectivity index (χ1n) is 6.85. The lowest BCUT2D eigenvalue weighted by atomic mass is 10.2. The molecule has 0 saturated carbocycles. The van der Waals surface area contributed by atoms with Crippen LogP contribution in [0, 0.1) is 20.8 Å². The fraction of sp³-hybridized carbons (Fsp3) is 0.188. The van der Waals surface area contributed by atoms with Crippen LogP contribution in [0.3, 0.4) is 0 Å². The number of anilines is 1. The second-order valence-corrected chi connectivity index (χ2v) is 6.16. The number of nitrogens with one attached hydrogen (secondary N) is 1. The van der Waals surface area contributed by atoms with Gasteiger partial charge < -0.3 is 5.32 Å². The number of aryl methyl sites for hydroxylation is 3. The van der Waals surface area contributed by atoms with E-state index in [1.54, 1.807) is 10.7 Å². The summed E-state index contributed by atoms with van der Waals surface area (Å²) in [5.74, 6) is -0.210. The average Bonchev–Trinajstić information content (AvgIpc) is 2.86. The van der Waals surface area contributed by atoms with Gasteiger partial charge in [0.05, 0.1) is 6.20 Å². The highest BCUT2D eigenvalue weighted by Gasteiger charge is 2.16. The number of hydrogen-bond acceptors (Lipinski definition) is 3. The SMILES string of the molecule is Cc1cc(C)n2ncc(C(=O)Nc3ccc(Br)cc3C)c2n1. The highest BCUT2D eigenvalue weighted by molar-refractivity contribution is 9.10. The van der Waals surface area contributed by atoms with Crippen molar-refractivity contribution in [1.82, 2.24) is 14.6 Å². The van der Waals surface area contributed by atoms with E-state index in [0.29, 0.717) is 11.2 Å². The molecule has 22 heavy (non-hydrogen) atoms. The number of hydrogen-bond donors (Lipinski definition) is 1. The smallest absolute Gasteiger partial charge is 0.261 e. The molecule has 0 bridgehead atoms. The highest BCUT2D eigenvalue weighted by Crippen LogP contribution is 2.21.